The van der Waals surface area contributed by atoms with Gasteiger partial charge in [-0.05, 0) is 40.2 Å². The van der Waals surface area contributed by atoms with Crippen molar-refractivity contribution in [3.63, 3.8) is 0 Å². The van der Waals surface area contributed by atoms with Crippen LogP contribution in [-0.4, -0.2) is 11.8 Å². The molecule has 0 fully saturated rings. The van der Waals surface area contributed by atoms with Crippen LogP contribution >= 0.6 is 28.1 Å². The van der Waals surface area contributed by atoms with Crippen LogP contribution in [0.5, 0.6) is 23.0 Å². The van der Waals surface area contributed by atoms with Gasteiger partial charge < -0.3 is 19.9 Å². The first-order valence-corrected chi connectivity index (χ1v) is 7.11. The third kappa shape index (κ3) is 2.66. The zero-order chi connectivity index (χ0) is 15.0. The maximum Gasteiger partial charge on any atom is 0.231 e. The highest BCUT2D eigenvalue weighted by molar-refractivity contribution is 9.10. The largest absolute Gasteiger partial charge is 0.454 e. The second kappa shape index (κ2) is 5.50. The van der Waals surface area contributed by atoms with Gasteiger partial charge in [0.15, 0.2) is 23.1 Å². The van der Waals surface area contributed by atoms with Crippen molar-refractivity contribution >= 4 is 33.1 Å². The summed E-state index contributed by atoms with van der Waals surface area (Å²) in [7, 11) is 0. The van der Waals surface area contributed by atoms with Gasteiger partial charge in [0.05, 0.1) is 4.47 Å². The first-order chi connectivity index (χ1) is 10.1. The summed E-state index contributed by atoms with van der Waals surface area (Å²) >= 11 is 7.97. The van der Waals surface area contributed by atoms with Crippen LogP contribution in [0, 0.1) is 5.82 Å². The van der Waals surface area contributed by atoms with Gasteiger partial charge in [0.25, 0.3) is 0 Å². The molecule has 108 valence electrons. The zero-order valence-corrected chi connectivity index (χ0v) is 13.0. The van der Waals surface area contributed by atoms with Gasteiger partial charge in [-0.25, -0.2) is 4.39 Å². The normalized spacial score (nSPS) is 12.3. The molecule has 0 saturated heterocycles. The summed E-state index contributed by atoms with van der Waals surface area (Å²) in [6.07, 6.45) is 0. The topological polar surface area (TPSA) is 53.7 Å². The molecule has 3 rings (SSSR count). The lowest BCUT2D eigenvalue weighted by atomic mass is 10.2. The zero-order valence-electron chi connectivity index (χ0n) is 10.6. The number of thiocarbonyl (C=S) groups is 1. The van der Waals surface area contributed by atoms with Crippen LogP contribution in [0.2, 0.25) is 0 Å². The molecule has 0 unspecified atom stereocenters. The maximum absolute atomic E-state index is 14.2. The van der Waals surface area contributed by atoms with E-state index >= 15 is 0 Å². The Hall–Kier alpha value is -1.86. The Kier molecular flexibility index (Phi) is 3.69. The van der Waals surface area contributed by atoms with Crippen molar-refractivity contribution in [1.82, 2.24) is 0 Å². The van der Waals surface area contributed by atoms with Crippen molar-refractivity contribution in [2.45, 2.75) is 0 Å². The minimum absolute atomic E-state index is 0.0562. The maximum atomic E-state index is 14.2. The molecule has 0 saturated carbocycles. The van der Waals surface area contributed by atoms with E-state index in [1.54, 1.807) is 24.3 Å². The highest BCUT2D eigenvalue weighted by atomic mass is 79.9. The molecule has 1 heterocycles. The minimum atomic E-state index is -0.571. The van der Waals surface area contributed by atoms with Gasteiger partial charge in [-0.1, -0.05) is 12.2 Å². The van der Waals surface area contributed by atoms with Crippen molar-refractivity contribution in [2.75, 3.05) is 6.79 Å². The summed E-state index contributed by atoms with van der Waals surface area (Å²) in [4.78, 5) is 0.107. The molecule has 7 heteroatoms. The van der Waals surface area contributed by atoms with Crippen LogP contribution in [0.4, 0.5) is 4.39 Å². The van der Waals surface area contributed by atoms with Crippen molar-refractivity contribution in [1.29, 1.82) is 0 Å². The highest BCUT2D eigenvalue weighted by Crippen LogP contribution is 2.38. The lowest BCUT2D eigenvalue weighted by molar-refractivity contribution is 0.174. The van der Waals surface area contributed by atoms with E-state index in [0.29, 0.717) is 22.8 Å². The number of nitrogens with two attached hydrogens (primary N) is 1. The number of hydrogen-bond donors (Lipinski definition) is 1. The van der Waals surface area contributed by atoms with Gasteiger partial charge in [0.2, 0.25) is 6.79 Å². The Labute approximate surface area is 133 Å². The van der Waals surface area contributed by atoms with Gasteiger partial charge in [-0.3, -0.25) is 0 Å². The van der Waals surface area contributed by atoms with Gasteiger partial charge in [-0.2, -0.15) is 0 Å². The molecule has 0 amide bonds. The summed E-state index contributed by atoms with van der Waals surface area (Å²) in [5.74, 6) is 1.12. The first kappa shape index (κ1) is 14.1. The molecule has 1 aliphatic rings. The van der Waals surface area contributed by atoms with Crippen LogP contribution in [0.15, 0.2) is 34.8 Å². The summed E-state index contributed by atoms with van der Waals surface area (Å²) in [6, 6.07) is 8.07. The quantitative estimate of drug-likeness (QED) is 0.835. The van der Waals surface area contributed by atoms with E-state index < -0.39 is 5.82 Å². The molecule has 0 atom stereocenters. The van der Waals surface area contributed by atoms with Crippen LogP contribution < -0.4 is 19.9 Å². The van der Waals surface area contributed by atoms with Crippen molar-refractivity contribution < 1.29 is 18.6 Å². The van der Waals surface area contributed by atoms with E-state index in [1.165, 1.54) is 6.07 Å². The molecule has 0 radical (unpaired) electrons. The number of ether oxygens (including phenoxy) is 3. The second-order valence-electron chi connectivity index (χ2n) is 4.22. The predicted octanol–water partition coefficient (Wildman–Crippen LogP) is 3.74. The first-order valence-electron chi connectivity index (χ1n) is 5.91. The summed E-state index contributed by atoms with van der Waals surface area (Å²) in [6.45, 7) is 0.168. The van der Waals surface area contributed by atoms with Crippen molar-refractivity contribution in [2.24, 2.45) is 5.73 Å². The van der Waals surface area contributed by atoms with E-state index in [4.69, 9.17) is 32.2 Å². The number of fused-ring (bicyclic) bond motifs is 1. The lowest BCUT2D eigenvalue weighted by Gasteiger charge is -2.10. The van der Waals surface area contributed by atoms with Crippen LogP contribution in [0.3, 0.4) is 0 Å². The predicted molar refractivity (Wildman–Crippen MR) is 82.6 cm³/mol. The molecule has 0 bridgehead atoms. The summed E-state index contributed by atoms with van der Waals surface area (Å²) in [5, 5.41) is 0. The summed E-state index contributed by atoms with van der Waals surface area (Å²) in [5.41, 5.74) is 5.93. The van der Waals surface area contributed by atoms with E-state index in [2.05, 4.69) is 15.9 Å². The number of rotatable bonds is 3. The van der Waals surface area contributed by atoms with Gasteiger partial charge in [0.1, 0.15) is 10.7 Å². The lowest BCUT2D eigenvalue weighted by Crippen LogP contribution is -2.11. The molecule has 0 aromatic heterocycles. The van der Waals surface area contributed by atoms with Crippen LogP contribution in [-0.2, 0) is 0 Å². The number of benzene rings is 2. The third-order valence-corrected chi connectivity index (χ3v) is 3.88. The molecular formula is C14H9BrFNO3S. The molecule has 2 aromatic carbocycles. The van der Waals surface area contributed by atoms with E-state index in [0.717, 1.165) is 0 Å². The fourth-order valence-electron chi connectivity index (χ4n) is 1.87. The summed E-state index contributed by atoms with van der Waals surface area (Å²) < 4.78 is 30.4. The van der Waals surface area contributed by atoms with E-state index in [9.17, 15) is 4.39 Å². The average Bonchev–Trinajstić information content (AvgIpc) is 2.91. The fraction of sp³-hybridized carbons (Fsp3) is 0.0714. The third-order valence-electron chi connectivity index (χ3n) is 2.88. The minimum Gasteiger partial charge on any atom is -0.454 e. The highest BCUT2D eigenvalue weighted by Gasteiger charge is 2.17. The van der Waals surface area contributed by atoms with Crippen molar-refractivity contribution in [3.05, 3.63) is 46.2 Å². The van der Waals surface area contributed by atoms with Gasteiger partial charge >= 0.3 is 0 Å². The van der Waals surface area contributed by atoms with Crippen LogP contribution in [0.1, 0.15) is 5.56 Å². The molecule has 1 aliphatic heterocycles. The molecule has 0 aliphatic carbocycles. The SMILES string of the molecule is NC(=S)c1ccc(Oc2ccc3c(c2)OCO3)c(F)c1Br. The van der Waals surface area contributed by atoms with Crippen LogP contribution in [0.25, 0.3) is 0 Å². The van der Waals surface area contributed by atoms with E-state index in [-0.39, 0.29) is 22.0 Å². The number of halogens is 2. The standard InChI is InChI=1S/C14H9BrFNO3S/c15-12-8(14(17)21)2-4-10(13(12)16)20-7-1-3-9-11(5-7)19-6-18-9/h1-5H,6H2,(H2,17,21). The molecule has 21 heavy (non-hydrogen) atoms. The Morgan fingerprint density at radius 3 is 2.76 bits per heavy atom. The van der Waals surface area contributed by atoms with Gasteiger partial charge in [-0.15, -0.1) is 0 Å². The molecule has 4 nitrogen and oxygen atoms in total. The monoisotopic (exact) mass is 369 g/mol. The molecule has 0 spiro atoms. The Morgan fingerprint density at radius 1 is 1.24 bits per heavy atom. The van der Waals surface area contributed by atoms with E-state index in [1.807, 2.05) is 0 Å². The smallest absolute Gasteiger partial charge is 0.231 e. The Morgan fingerprint density at radius 2 is 2.00 bits per heavy atom. The molecule has 2 N–H and O–H groups in total. The second-order valence-corrected chi connectivity index (χ2v) is 5.45. The molecule has 2 aromatic rings. The Balaban J connectivity index is 1.92. The number of hydrogen-bond acceptors (Lipinski definition) is 4. The van der Waals surface area contributed by atoms with Gasteiger partial charge in [0, 0.05) is 11.6 Å². The fourth-order valence-corrected chi connectivity index (χ4v) is 2.71. The Bertz CT molecular complexity index is 738. The average molecular weight is 370 g/mol. The van der Waals surface area contributed by atoms with Crippen molar-refractivity contribution in [3.8, 4) is 23.0 Å². The molecular weight excluding hydrogens is 361 g/mol.